The van der Waals surface area contributed by atoms with Gasteiger partial charge in [0.15, 0.2) is 0 Å². The van der Waals surface area contributed by atoms with Gasteiger partial charge in [0.05, 0.1) is 12.0 Å². The summed E-state index contributed by atoms with van der Waals surface area (Å²) in [5.74, 6) is 0.738. The molecule has 2 N–H and O–H groups in total. The lowest BCUT2D eigenvalue weighted by atomic mass is 10.0. The third-order valence-corrected chi connectivity index (χ3v) is 2.82. The first-order chi connectivity index (χ1) is 6.69. The molecule has 1 aromatic heterocycles. The van der Waals surface area contributed by atoms with Gasteiger partial charge in [0.25, 0.3) is 0 Å². The Kier molecular flexibility index (Phi) is 4.14. The molecule has 14 heavy (non-hydrogen) atoms. The lowest BCUT2D eigenvalue weighted by Gasteiger charge is -2.16. The Morgan fingerprint density at radius 1 is 1.43 bits per heavy atom. The van der Waals surface area contributed by atoms with E-state index in [0.717, 1.165) is 18.2 Å². The largest absolute Gasteiger partial charge is 0.333 e. The Morgan fingerprint density at radius 3 is 2.57 bits per heavy atom. The van der Waals surface area contributed by atoms with Gasteiger partial charge in [-0.1, -0.05) is 26.7 Å². The van der Waals surface area contributed by atoms with Gasteiger partial charge in [-0.25, -0.2) is 4.98 Å². The van der Waals surface area contributed by atoms with Gasteiger partial charge in [0, 0.05) is 18.8 Å². The first kappa shape index (κ1) is 11.2. The van der Waals surface area contributed by atoms with Gasteiger partial charge in [0.2, 0.25) is 0 Å². The second-order valence-corrected chi connectivity index (χ2v) is 3.94. The summed E-state index contributed by atoms with van der Waals surface area (Å²) in [4.78, 5) is 4.15. The van der Waals surface area contributed by atoms with Crippen molar-refractivity contribution in [1.82, 2.24) is 9.55 Å². The normalized spacial score (nSPS) is 13.5. The summed E-state index contributed by atoms with van der Waals surface area (Å²) in [6.45, 7) is 7.51. The second kappa shape index (κ2) is 5.15. The molecule has 0 radical (unpaired) electrons. The fraction of sp³-hybridized carbons (Fsp3) is 0.727. The van der Waals surface area contributed by atoms with E-state index in [4.69, 9.17) is 5.73 Å². The molecule has 1 rings (SSSR count). The number of aromatic nitrogens is 2. The van der Waals surface area contributed by atoms with E-state index in [1.165, 1.54) is 12.8 Å². The van der Waals surface area contributed by atoms with Crippen LogP contribution in [0.15, 0.2) is 12.5 Å². The van der Waals surface area contributed by atoms with Crippen molar-refractivity contribution < 1.29 is 0 Å². The molecule has 0 bridgehead atoms. The SMILES string of the molecule is CCC(CC)Cn1cncc1[C@H](C)N. The first-order valence-corrected chi connectivity index (χ1v) is 5.44. The molecule has 0 aliphatic carbocycles. The van der Waals surface area contributed by atoms with Gasteiger partial charge in [-0.15, -0.1) is 0 Å². The maximum Gasteiger partial charge on any atom is 0.0948 e. The van der Waals surface area contributed by atoms with Crippen LogP contribution in [0.25, 0.3) is 0 Å². The van der Waals surface area contributed by atoms with E-state index in [1.54, 1.807) is 0 Å². The Labute approximate surface area is 86.3 Å². The third-order valence-electron chi connectivity index (χ3n) is 2.82. The van der Waals surface area contributed by atoms with Crippen LogP contribution in [0.5, 0.6) is 0 Å². The van der Waals surface area contributed by atoms with E-state index >= 15 is 0 Å². The average molecular weight is 195 g/mol. The maximum atomic E-state index is 5.86. The third kappa shape index (κ3) is 2.58. The van der Waals surface area contributed by atoms with Crippen molar-refractivity contribution in [3.8, 4) is 0 Å². The number of nitrogens with zero attached hydrogens (tertiary/aromatic N) is 2. The summed E-state index contributed by atoms with van der Waals surface area (Å²) in [6, 6.07) is 0.0758. The number of hydrogen-bond donors (Lipinski definition) is 1. The van der Waals surface area contributed by atoms with Gasteiger partial charge in [-0.2, -0.15) is 0 Å². The van der Waals surface area contributed by atoms with Crippen molar-refractivity contribution in [2.24, 2.45) is 11.7 Å². The molecule has 3 heteroatoms. The lowest BCUT2D eigenvalue weighted by molar-refractivity contribution is 0.408. The molecule has 0 unspecified atom stereocenters. The van der Waals surface area contributed by atoms with Crippen LogP contribution in [0.4, 0.5) is 0 Å². The van der Waals surface area contributed by atoms with Gasteiger partial charge < -0.3 is 10.3 Å². The average Bonchev–Trinajstić information content (AvgIpc) is 2.62. The monoisotopic (exact) mass is 195 g/mol. The van der Waals surface area contributed by atoms with Crippen LogP contribution in [0, 0.1) is 5.92 Å². The van der Waals surface area contributed by atoms with Gasteiger partial charge in [-0.05, 0) is 12.8 Å². The predicted octanol–water partition coefficient (Wildman–Crippen LogP) is 2.34. The zero-order valence-electron chi connectivity index (χ0n) is 9.40. The Bertz CT molecular complexity index is 261. The zero-order chi connectivity index (χ0) is 10.6. The summed E-state index contributed by atoms with van der Waals surface area (Å²) in [6.07, 6.45) is 6.18. The molecule has 80 valence electrons. The zero-order valence-corrected chi connectivity index (χ0v) is 9.40. The highest BCUT2D eigenvalue weighted by Gasteiger charge is 2.10. The van der Waals surface area contributed by atoms with E-state index in [1.807, 2.05) is 19.4 Å². The molecule has 0 fully saturated rings. The van der Waals surface area contributed by atoms with Crippen LogP contribution >= 0.6 is 0 Å². The van der Waals surface area contributed by atoms with E-state index in [9.17, 15) is 0 Å². The minimum Gasteiger partial charge on any atom is -0.333 e. The number of rotatable bonds is 5. The number of nitrogens with two attached hydrogens (primary N) is 1. The number of hydrogen-bond acceptors (Lipinski definition) is 2. The van der Waals surface area contributed by atoms with Gasteiger partial charge in [-0.3, -0.25) is 0 Å². The Morgan fingerprint density at radius 2 is 2.07 bits per heavy atom. The smallest absolute Gasteiger partial charge is 0.0948 e. The molecule has 0 saturated heterocycles. The van der Waals surface area contributed by atoms with Crippen molar-refractivity contribution in [2.75, 3.05) is 0 Å². The molecule has 0 aromatic carbocycles. The molecule has 0 aliphatic heterocycles. The van der Waals surface area contributed by atoms with Gasteiger partial charge in [0.1, 0.15) is 0 Å². The minimum atomic E-state index is 0.0758. The van der Waals surface area contributed by atoms with Crippen molar-refractivity contribution in [1.29, 1.82) is 0 Å². The molecule has 0 saturated carbocycles. The summed E-state index contributed by atoms with van der Waals surface area (Å²) < 4.78 is 2.18. The lowest BCUT2D eigenvalue weighted by Crippen LogP contribution is -2.15. The molecular weight excluding hydrogens is 174 g/mol. The summed E-state index contributed by atoms with van der Waals surface area (Å²) in [7, 11) is 0. The van der Waals surface area contributed by atoms with Crippen molar-refractivity contribution in [3.05, 3.63) is 18.2 Å². The molecule has 0 spiro atoms. The summed E-state index contributed by atoms with van der Waals surface area (Å²) >= 11 is 0. The van der Waals surface area contributed by atoms with E-state index in [0.29, 0.717) is 0 Å². The van der Waals surface area contributed by atoms with E-state index in [2.05, 4.69) is 23.4 Å². The fourth-order valence-corrected chi connectivity index (χ4v) is 1.69. The highest BCUT2D eigenvalue weighted by Crippen LogP contribution is 2.15. The summed E-state index contributed by atoms with van der Waals surface area (Å²) in [5.41, 5.74) is 6.99. The molecule has 0 amide bonds. The molecular formula is C11H21N3. The van der Waals surface area contributed by atoms with Crippen LogP contribution in [-0.4, -0.2) is 9.55 Å². The van der Waals surface area contributed by atoms with Crippen LogP contribution in [-0.2, 0) is 6.54 Å². The van der Waals surface area contributed by atoms with E-state index in [-0.39, 0.29) is 6.04 Å². The van der Waals surface area contributed by atoms with Crippen molar-refractivity contribution in [2.45, 2.75) is 46.2 Å². The molecule has 1 heterocycles. The van der Waals surface area contributed by atoms with Crippen LogP contribution in [0.2, 0.25) is 0 Å². The summed E-state index contributed by atoms with van der Waals surface area (Å²) in [5, 5.41) is 0. The maximum absolute atomic E-state index is 5.86. The quantitative estimate of drug-likeness (QED) is 0.783. The fourth-order valence-electron chi connectivity index (χ4n) is 1.69. The predicted molar refractivity (Wildman–Crippen MR) is 58.9 cm³/mol. The Balaban J connectivity index is 2.70. The van der Waals surface area contributed by atoms with Crippen molar-refractivity contribution >= 4 is 0 Å². The van der Waals surface area contributed by atoms with Crippen LogP contribution in [0.1, 0.15) is 45.3 Å². The Hall–Kier alpha value is -0.830. The molecule has 1 atom stereocenters. The number of imidazole rings is 1. The second-order valence-electron chi connectivity index (χ2n) is 3.94. The molecule has 3 nitrogen and oxygen atoms in total. The van der Waals surface area contributed by atoms with Crippen molar-refractivity contribution in [3.63, 3.8) is 0 Å². The van der Waals surface area contributed by atoms with E-state index < -0.39 is 0 Å². The highest BCUT2D eigenvalue weighted by atomic mass is 15.1. The first-order valence-electron chi connectivity index (χ1n) is 5.44. The topological polar surface area (TPSA) is 43.8 Å². The standard InChI is InChI=1S/C11H21N3/c1-4-10(5-2)7-14-8-13-6-11(14)9(3)12/h6,8-10H,4-5,7,12H2,1-3H3/t9-/m0/s1. The van der Waals surface area contributed by atoms with Crippen LogP contribution in [0.3, 0.4) is 0 Å². The molecule has 1 aromatic rings. The molecule has 0 aliphatic rings. The highest BCUT2D eigenvalue weighted by molar-refractivity contribution is 5.03. The minimum absolute atomic E-state index is 0.0758. The van der Waals surface area contributed by atoms with Crippen LogP contribution < -0.4 is 5.73 Å². The van der Waals surface area contributed by atoms with Gasteiger partial charge >= 0.3 is 0 Å².